The molecule has 0 heterocycles. The van der Waals surface area contributed by atoms with Crippen LogP contribution in [0.3, 0.4) is 0 Å². The third-order valence-corrected chi connectivity index (χ3v) is 6.23. The Morgan fingerprint density at radius 3 is 2.27 bits per heavy atom. The summed E-state index contributed by atoms with van der Waals surface area (Å²) in [4.78, 5) is 0. The Balaban J connectivity index is 2.69. The van der Waals surface area contributed by atoms with E-state index in [1.165, 1.54) is 32.1 Å². The van der Waals surface area contributed by atoms with E-state index in [1.54, 1.807) is 14.2 Å². The quantitative estimate of drug-likeness (QED) is 0.678. The molecule has 0 spiro atoms. The molecule has 1 rings (SSSR count). The fourth-order valence-corrected chi connectivity index (χ4v) is 5.21. The van der Waals surface area contributed by atoms with Gasteiger partial charge in [0.2, 0.25) is 0 Å². The van der Waals surface area contributed by atoms with Crippen molar-refractivity contribution in [2.24, 2.45) is 0 Å². The molecule has 0 N–H and O–H groups in total. The minimum Gasteiger partial charge on any atom is -0.400 e. The van der Waals surface area contributed by atoms with Crippen molar-refractivity contribution < 1.29 is 8.85 Å². The summed E-state index contributed by atoms with van der Waals surface area (Å²) in [6.07, 6.45) is 7.82. The van der Waals surface area contributed by atoms with Crippen molar-refractivity contribution in [3.05, 3.63) is 0 Å². The molecule has 86 valence electrons. The number of nitriles is 1. The molecule has 0 amide bonds. The van der Waals surface area contributed by atoms with E-state index in [0.717, 1.165) is 6.42 Å². The molecule has 0 aromatic carbocycles. The van der Waals surface area contributed by atoms with Crippen LogP contribution >= 0.6 is 0 Å². The Hall–Kier alpha value is -0.373. The summed E-state index contributed by atoms with van der Waals surface area (Å²) < 4.78 is 11.1. The largest absolute Gasteiger partial charge is 0.400 e. The highest BCUT2D eigenvalue weighted by atomic mass is 28.3. The highest BCUT2D eigenvalue weighted by Crippen LogP contribution is 2.49. The van der Waals surface area contributed by atoms with Crippen molar-refractivity contribution in [1.29, 1.82) is 5.26 Å². The van der Waals surface area contributed by atoms with Gasteiger partial charge in [0.15, 0.2) is 0 Å². The van der Waals surface area contributed by atoms with Gasteiger partial charge in [0.05, 0.1) is 6.07 Å². The first-order chi connectivity index (χ1) is 7.29. The van der Waals surface area contributed by atoms with E-state index in [4.69, 9.17) is 14.1 Å². The van der Waals surface area contributed by atoms with Crippen LogP contribution in [-0.4, -0.2) is 23.5 Å². The second-order valence-electron chi connectivity index (χ2n) is 4.38. The summed E-state index contributed by atoms with van der Waals surface area (Å²) in [5.74, 6) is 0. The van der Waals surface area contributed by atoms with Crippen LogP contribution in [0.4, 0.5) is 0 Å². The zero-order valence-electron chi connectivity index (χ0n) is 9.79. The summed E-state index contributed by atoms with van der Waals surface area (Å²) in [6, 6.07) is 2.25. The van der Waals surface area contributed by atoms with Gasteiger partial charge < -0.3 is 8.85 Å². The molecular weight excluding hydrogens is 206 g/mol. The van der Waals surface area contributed by atoms with E-state index in [9.17, 15) is 0 Å². The van der Waals surface area contributed by atoms with Crippen molar-refractivity contribution >= 4 is 9.28 Å². The minimum atomic E-state index is -1.59. The second kappa shape index (κ2) is 6.26. The Morgan fingerprint density at radius 1 is 1.20 bits per heavy atom. The summed E-state index contributed by atoms with van der Waals surface area (Å²) in [7, 11) is 1.91. The van der Waals surface area contributed by atoms with Crippen LogP contribution in [0.5, 0.6) is 0 Å². The molecule has 0 unspecified atom stereocenters. The van der Waals surface area contributed by atoms with Crippen LogP contribution in [0.25, 0.3) is 0 Å². The Kier molecular flexibility index (Phi) is 5.30. The normalized spacial score (nSPS) is 20.1. The average molecular weight is 227 g/mol. The summed E-state index contributed by atoms with van der Waals surface area (Å²) in [6.45, 7) is 0. The fraction of sp³-hybridized carbons (Fsp3) is 0.909. The molecule has 1 aliphatic carbocycles. The molecule has 4 heteroatoms. The fourth-order valence-electron chi connectivity index (χ4n) is 2.76. The van der Waals surface area contributed by atoms with Crippen LogP contribution in [0.1, 0.15) is 44.9 Å². The molecule has 0 aliphatic heterocycles. The lowest BCUT2D eigenvalue weighted by molar-refractivity contribution is 0.205. The van der Waals surface area contributed by atoms with Crippen LogP contribution in [0.15, 0.2) is 0 Å². The van der Waals surface area contributed by atoms with E-state index >= 15 is 0 Å². The van der Waals surface area contributed by atoms with Crippen molar-refractivity contribution in [2.75, 3.05) is 14.2 Å². The molecule has 0 aromatic rings. The predicted octanol–water partition coefficient (Wildman–Crippen LogP) is 2.51. The lowest BCUT2D eigenvalue weighted by Crippen LogP contribution is -2.38. The number of nitrogens with zero attached hydrogens (tertiary/aromatic N) is 1. The van der Waals surface area contributed by atoms with E-state index in [1.807, 2.05) is 0 Å². The predicted molar refractivity (Wildman–Crippen MR) is 61.8 cm³/mol. The highest BCUT2D eigenvalue weighted by Gasteiger charge is 2.42. The summed E-state index contributed by atoms with van der Waals surface area (Å²) >= 11 is 0. The van der Waals surface area contributed by atoms with Gasteiger partial charge in [-0.25, -0.2) is 0 Å². The molecule has 1 fully saturated rings. The monoisotopic (exact) mass is 227 g/mol. The first kappa shape index (κ1) is 12.7. The summed E-state index contributed by atoms with van der Waals surface area (Å²) in [5, 5.41) is 8.94. The van der Waals surface area contributed by atoms with Crippen molar-refractivity contribution in [3.8, 4) is 6.07 Å². The molecule has 15 heavy (non-hydrogen) atoms. The first-order valence-electron chi connectivity index (χ1n) is 5.71. The first-order valence-corrected chi connectivity index (χ1v) is 7.23. The van der Waals surface area contributed by atoms with Gasteiger partial charge in [-0.1, -0.05) is 19.3 Å². The third-order valence-electron chi connectivity index (χ3n) is 3.51. The van der Waals surface area contributed by atoms with Crippen molar-refractivity contribution in [1.82, 2.24) is 0 Å². The molecule has 0 bridgehead atoms. The Labute approximate surface area is 94.2 Å². The molecule has 1 saturated carbocycles. The molecule has 0 aromatic heterocycles. The van der Waals surface area contributed by atoms with Gasteiger partial charge in [0.1, 0.15) is 0 Å². The maximum absolute atomic E-state index is 8.72. The van der Waals surface area contributed by atoms with Crippen LogP contribution in [0, 0.1) is 11.3 Å². The van der Waals surface area contributed by atoms with Gasteiger partial charge in [0, 0.05) is 25.7 Å². The van der Waals surface area contributed by atoms with Crippen molar-refractivity contribution in [2.45, 2.75) is 50.0 Å². The van der Waals surface area contributed by atoms with E-state index in [2.05, 4.69) is 6.07 Å². The summed E-state index contributed by atoms with van der Waals surface area (Å²) in [5.41, 5.74) is 0. The second-order valence-corrected chi connectivity index (χ2v) is 7.22. The standard InChI is InChI=1S/C11H21NO2Si/c1-13-15(14-2)11(9-6-10-12)7-4-3-5-8-11/h15H,3-9H2,1-2H3. The molecule has 3 nitrogen and oxygen atoms in total. The zero-order valence-corrected chi connectivity index (χ0v) is 10.9. The number of hydrogen-bond donors (Lipinski definition) is 0. The van der Waals surface area contributed by atoms with Crippen LogP contribution in [-0.2, 0) is 8.85 Å². The Morgan fingerprint density at radius 2 is 1.80 bits per heavy atom. The van der Waals surface area contributed by atoms with E-state index < -0.39 is 9.28 Å². The maximum Gasteiger partial charge on any atom is 0.327 e. The van der Waals surface area contributed by atoms with Gasteiger partial charge in [-0.05, 0) is 19.3 Å². The topological polar surface area (TPSA) is 42.2 Å². The van der Waals surface area contributed by atoms with E-state index in [-0.39, 0.29) is 5.04 Å². The van der Waals surface area contributed by atoms with Crippen LogP contribution < -0.4 is 0 Å². The maximum atomic E-state index is 8.72. The van der Waals surface area contributed by atoms with Crippen molar-refractivity contribution in [3.63, 3.8) is 0 Å². The third kappa shape index (κ3) is 3.04. The zero-order chi connectivity index (χ0) is 11.1. The molecule has 1 aliphatic rings. The Bertz CT molecular complexity index is 217. The van der Waals surface area contributed by atoms with E-state index in [0.29, 0.717) is 6.42 Å². The van der Waals surface area contributed by atoms with Crippen LogP contribution in [0.2, 0.25) is 5.04 Å². The highest BCUT2D eigenvalue weighted by molar-refractivity contribution is 6.48. The van der Waals surface area contributed by atoms with Gasteiger partial charge in [0.25, 0.3) is 0 Å². The molecule has 0 atom stereocenters. The number of rotatable bonds is 5. The van der Waals surface area contributed by atoms with Gasteiger partial charge in [-0.15, -0.1) is 0 Å². The lowest BCUT2D eigenvalue weighted by Gasteiger charge is -2.40. The van der Waals surface area contributed by atoms with Gasteiger partial charge >= 0.3 is 9.28 Å². The van der Waals surface area contributed by atoms with Gasteiger partial charge in [-0.2, -0.15) is 5.26 Å². The molecule has 0 radical (unpaired) electrons. The SMILES string of the molecule is CO[SiH](OC)C1(CCC#N)CCCCC1. The minimum absolute atomic E-state index is 0.220. The molecule has 0 saturated heterocycles. The van der Waals surface area contributed by atoms with Gasteiger partial charge in [-0.3, -0.25) is 0 Å². The number of hydrogen-bond acceptors (Lipinski definition) is 3. The average Bonchev–Trinajstić information content (AvgIpc) is 2.29. The molecular formula is C11H21NO2Si. The smallest absolute Gasteiger partial charge is 0.327 e. The lowest BCUT2D eigenvalue weighted by atomic mass is 9.85.